The third-order valence-corrected chi connectivity index (χ3v) is 3.58. The highest BCUT2D eigenvalue weighted by atomic mass is 35.5. The number of carbonyl (C=O) groups excluding carboxylic acids is 1. The Balaban J connectivity index is 2.25. The second kappa shape index (κ2) is 7.14. The fourth-order valence-electron chi connectivity index (χ4n) is 2.20. The molecule has 2 aromatic rings. The Labute approximate surface area is 135 Å². The number of allylic oxidation sites excluding steroid dienone is 1. The van der Waals surface area contributed by atoms with Gasteiger partial charge >= 0.3 is 0 Å². The van der Waals surface area contributed by atoms with Crippen LogP contribution in [-0.4, -0.2) is 13.0 Å². The molecule has 0 aromatic heterocycles. The minimum Gasteiger partial charge on any atom is -0.496 e. The van der Waals surface area contributed by atoms with Crippen molar-refractivity contribution in [2.24, 2.45) is 0 Å². The molecule has 0 aliphatic carbocycles. The van der Waals surface area contributed by atoms with E-state index in [1.54, 1.807) is 37.5 Å². The SMILES string of the molecule is C=CCc1cc(C(=O)Nc2ccc(Cl)cc2C)ccc1OC. The average molecular weight is 316 g/mol. The summed E-state index contributed by atoms with van der Waals surface area (Å²) in [4.78, 5) is 12.4. The van der Waals surface area contributed by atoms with Crippen LogP contribution in [0.2, 0.25) is 5.02 Å². The molecule has 0 aliphatic heterocycles. The zero-order valence-electron chi connectivity index (χ0n) is 12.7. The molecular weight excluding hydrogens is 298 g/mol. The first-order valence-electron chi connectivity index (χ1n) is 6.90. The lowest BCUT2D eigenvalue weighted by molar-refractivity contribution is 0.102. The number of methoxy groups -OCH3 is 1. The summed E-state index contributed by atoms with van der Waals surface area (Å²) in [6, 6.07) is 10.7. The van der Waals surface area contributed by atoms with Gasteiger partial charge in [0.1, 0.15) is 5.75 Å². The molecule has 2 rings (SSSR count). The number of carbonyl (C=O) groups is 1. The number of anilines is 1. The van der Waals surface area contributed by atoms with Crippen molar-refractivity contribution in [3.05, 3.63) is 70.8 Å². The van der Waals surface area contributed by atoms with E-state index in [1.807, 2.05) is 19.1 Å². The lowest BCUT2D eigenvalue weighted by atomic mass is 10.1. The molecule has 0 spiro atoms. The van der Waals surface area contributed by atoms with Crippen LogP contribution in [0, 0.1) is 6.92 Å². The molecule has 3 nitrogen and oxygen atoms in total. The molecule has 0 atom stereocenters. The van der Waals surface area contributed by atoms with Crippen molar-refractivity contribution in [1.29, 1.82) is 0 Å². The summed E-state index contributed by atoms with van der Waals surface area (Å²) < 4.78 is 5.29. The number of hydrogen-bond acceptors (Lipinski definition) is 2. The van der Waals surface area contributed by atoms with Gasteiger partial charge in [-0.2, -0.15) is 0 Å². The van der Waals surface area contributed by atoms with Crippen molar-refractivity contribution < 1.29 is 9.53 Å². The van der Waals surface area contributed by atoms with Crippen LogP contribution in [-0.2, 0) is 6.42 Å². The normalized spacial score (nSPS) is 10.1. The zero-order valence-corrected chi connectivity index (χ0v) is 13.4. The second-order valence-corrected chi connectivity index (χ2v) is 5.37. The summed E-state index contributed by atoms with van der Waals surface area (Å²) in [6.45, 7) is 5.63. The first-order valence-corrected chi connectivity index (χ1v) is 7.28. The first-order chi connectivity index (χ1) is 10.5. The van der Waals surface area contributed by atoms with Gasteiger partial charge in [0, 0.05) is 16.3 Å². The van der Waals surface area contributed by atoms with Crippen molar-refractivity contribution in [1.82, 2.24) is 0 Å². The van der Waals surface area contributed by atoms with E-state index in [0.717, 1.165) is 22.6 Å². The maximum atomic E-state index is 12.4. The van der Waals surface area contributed by atoms with Crippen LogP contribution >= 0.6 is 11.6 Å². The molecule has 4 heteroatoms. The minimum atomic E-state index is -0.168. The first kappa shape index (κ1) is 16.1. The van der Waals surface area contributed by atoms with Crippen LogP contribution < -0.4 is 10.1 Å². The molecule has 1 amide bonds. The smallest absolute Gasteiger partial charge is 0.255 e. The van der Waals surface area contributed by atoms with Crippen LogP contribution in [0.3, 0.4) is 0 Å². The number of hydrogen-bond donors (Lipinski definition) is 1. The van der Waals surface area contributed by atoms with Crippen molar-refractivity contribution in [3.63, 3.8) is 0 Å². The number of amides is 1. The number of rotatable bonds is 5. The average Bonchev–Trinajstić information content (AvgIpc) is 2.50. The lowest BCUT2D eigenvalue weighted by Gasteiger charge is -2.11. The predicted molar refractivity (Wildman–Crippen MR) is 91.0 cm³/mol. The third kappa shape index (κ3) is 3.68. The van der Waals surface area contributed by atoms with Gasteiger partial charge in [0.05, 0.1) is 7.11 Å². The maximum absolute atomic E-state index is 12.4. The lowest BCUT2D eigenvalue weighted by Crippen LogP contribution is -2.13. The van der Waals surface area contributed by atoms with E-state index < -0.39 is 0 Å². The van der Waals surface area contributed by atoms with Gasteiger partial charge in [-0.1, -0.05) is 17.7 Å². The second-order valence-electron chi connectivity index (χ2n) is 4.93. The van der Waals surface area contributed by atoms with Gasteiger partial charge in [-0.25, -0.2) is 0 Å². The molecule has 0 bridgehead atoms. The quantitative estimate of drug-likeness (QED) is 0.816. The van der Waals surface area contributed by atoms with E-state index in [4.69, 9.17) is 16.3 Å². The highest BCUT2D eigenvalue weighted by Gasteiger charge is 2.11. The molecule has 1 N–H and O–H groups in total. The number of ether oxygens (including phenoxy) is 1. The van der Waals surface area contributed by atoms with Crippen LogP contribution in [0.25, 0.3) is 0 Å². The Morgan fingerprint density at radius 3 is 2.73 bits per heavy atom. The summed E-state index contributed by atoms with van der Waals surface area (Å²) in [6.07, 6.45) is 2.42. The van der Waals surface area contributed by atoms with Gasteiger partial charge in [0.15, 0.2) is 0 Å². The molecule has 22 heavy (non-hydrogen) atoms. The fraction of sp³-hybridized carbons (Fsp3) is 0.167. The van der Waals surface area contributed by atoms with E-state index in [1.165, 1.54) is 0 Å². The summed E-state index contributed by atoms with van der Waals surface area (Å²) in [5.74, 6) is 0.581. The number of aryl methyl sites for hydroxylation is 1. The van der Waals surface area contributed by atoms with Gasteiger partial charge in [0.2, 0.25) is 0 Å². The molecular formula is C18H18ClNO2. The monoisotopic (exact) mass is 315 g/mol. The standard InChI is InChI=1S/C18H18ClNO2/c1-4-5-13-11-14(6-9-17(13)22-3)18(21)20-16-8-7-15(19)10-12(16)2/h4,6-11H,1,5H2,2-3H3,(H,20,21). The number of benzene rings is 2. The van der Waals surface area contributed by atoms with E-state index in [2.05, 4.69) is 11.9 Å². The van der Waals surface area contributed by atoms with Crippen LogP contribution in [0.5, 0.6) is 5.75 Å². The van der Waals surface area contributed by atoms with Gasteiger partial charge in [-0.05, 0) is 60.9 Å². The fourth-order valence-corrected chi connectivity index (χ4v) is 2.42. The Morgan fingerprint density at radius 2 is 2.09 bits per heavy atom. The van der Waals surface area contributed by atoms with E-state index in [0.29, 0.717) is 17.0 Å². The minimum absolute atomic E-state index is 0.168. The molecule has 0 heterocycles. The summed E-state index contributed by atoms with van der Waals surface area (Å²) in [7, 11) is 1.61. The summed E-state index contributed by atoms with van der Waals surface area (Å²) in [5, 5.41) is 3.54. The van der Waals surface area contributed by atoms with Crippen molar-refractivity contribution in [2.75, 3.05) is 12.4 Å². The van der Waals surface area contributed by atoms with E-state index in [-0.39, 0.29) is 5.91 Å². The zero-order chi connectivity index (χ0) is 16.1. The highest BCUT2D eigenvalue weighted by Crippen LogP contribution is 2.23. The molecule has 114 valence electrons. The topological polar surface area (TPSA) is 38.3 Å². The van der Waals surface area contributed by atoms with E-state index >= 15 is 0 Å². The summed E-state index contributed by atoms with van der Waals surface area (Å²) in [5.41, 5.74) is 3.17. The van der Waals surface area contributed by atoms with Crippen molar-refractivity contribution >= 4 is 23.2 Å². The Morgan fingerprint density at radius 1 is 1.32 bits per heavy atom. The molecule has 2 aromatic carbocycles. The van der Waals surface area contributed by atoms with Gasteiger partial charge in [0.25, 0.3) is 5.91 Å². The predicted octanol–water partition coefficient (Wildman–Crippen LogP) is 4.64. The maximum Gasteiger partial charge on any atom is 0.255 e. The van der Waals surface area contributed by atoms with Crippen LogP contribution in [0.1, 0.15) is 21.5 Å². The van der Waals surface area contributed by atoms with Gasteiger partial charge in [-0.3, -0.25) is 4.79 Å². The molecule has 0 fully saturated rings. The Hall–Kier alpha value is -2.26. The van der Waals surface area contributed by atoms with Gasteiger partial charge < -0.3 is 10.1 Å². The number of nitrogens with one attached hydrogen (secondary N) is 1. The summed E-state index contributed by atoms with van der Waals surface area (Å²) >= 11 is 5.92. The molecule has 0 radical (unpaired) electrons. The largest absolute Gasteiger partial charge is 0.496 e. The van der Waals surface area contributed by atoms with Crippen LogP contribution in [0.4, 0.5) is 5.69 Å². The van der Waals surface area contributed by atoms with Crippen LogP contribution in [0.15, 0.2) is 49.1 Å². The number of halogens is 1. The van der Waals surface area contributed by atoms with Crippen molar-refractivity contribution in [3.8, 4) is 5.75 Å². The van der Waals surface area contributed by atoms with E-state index in [9.17, 15) is 4.79 Å². The third-order valence-electron chi connectivity index (χ3n) is 3.34. The van der Waals surface area contributed by atoms with Crippen molar-refractivity contribution in [2.45, 2.75) is 13.3 Å². The Bertz CT molecular complexity index is 710. The highest BCUT2D eigenvalue weighted by molar-refractivity contribution is 6.30. The molecule has 0 unspecified atom stereocenters. The molecule has 0 aliphatic rings. The molecule has 0 saturated carbocycles. The van der Waals surface area contributed by atoms with Gasteiger partial charge in [-0.15, -0.1) is 6.58 Å². The molecule has 0 saturated heterocycles. The Kier molecular flexibility index (Phi) is 5.23.